The molecule has 0 spiro atoms. The van der Waals surface area contributed by atoms with E-state index in [1.54, 1.807) is 30.3 Å². The molecule has 3 aromatic rings. The van der Waals surface area contributed by atoms with Gasteiger partial charge in [-0.25, -0.2) is 4.39 Å². The van der Waals surface area contributed by atoms with Gasteiger partial charge in [0, 0.05) is 11.1 Å². The van der Waals surface area contributed by atoms with Crippen LogP contribution in [0.1, 0.15) is 10.4 Å². The normalized spacial score (nSPS) is 10.7. The van der Waals surface area contributed by atoms with Gasteiger partial charge in [0.15, 0.2) is 5.82 Å². The van der Waals surface area contributed by atoms with Crippen molar-refractivity contribution in [2.75, 3.05) is 11.1 Å². The van der Waals surface area contributed by atoms with Gasteiger partial charge in [-0.05, 0) is 30.3 Å². The number of aromatic amines is 1. The van der Waals surface area contributed by atoms with Crippen molar-refractivity contribution in [2.24, 2.45) is 0 Å². The summed E-state index contributed by atoms with van der Waals surface area (Å²) in [5.74, 6) is -0.512. The van der Waals surface area contributed by atoms with Crippen LogP contribution in [-0.4, -0.2) is 16.1 Å². The fraction of sp³-hybridized carbons (Fsp3) is 0. The van der Waals surface area contributed by atoms with E-state index in [4.69, 9.17) is 5.73 Å². The number of nitrogens with zero attached hydrogens (tertiary/aromatic N) is 1. The molecule has 0 radical (unpaired) electrons. The number of nitrogens with two attached hydrogens (primary N) is 1. The van der Waals surface area contributed by atoms with Crippen LogP contribution in [0, 0.1) is 5.82 Å². The molecular formula is C14H11FN4O. The average molecular weight is 270 g/mol. The Labute approximate surface area is 113 Å². The predicted octanol–water partition coefficient (Wildman–Crippen LogP) is 2.54. The summed E-state index contributed by atoms with van der Waals surface area (Å²) in [5, 5.41) is 9.82. The molecule has 20 heavy (non-hydrogen) atoms. The molecule has 6 heteroatoms. The molecule has 1 amide bonds. The first-order chi connectivity index (χ1) is 9.65. The van der Waals surface area contributed by atoms with Crippen LogP contribution in [-0.2, 0) is 0 Å². The van der Waals surface area contributed by atoms with Crippen molar-refractivity contribution in [1.82, 2.24) is 10.2 Å². The molecule has 0 unspecified atom stereocenters. The summed E-state index contributed by atoms with van der Waals surface area (Å²) in [5.41, 5.74) is 7.10. The molecule has 1 heterocycles. The van der Waals surface area contributed by atoms with Crippen LogP contribution < -0.4 is 11.1 Å². The Balaban J connectivity index is 1.96. The number of halogens is 1. The Morgan fingerprint density at radius 1 is 1.25 bits per heavy atom. The molecule has 4 N–H and O–H groups in total. The van der Waals surface area contributed by atoms with Crippen LogP contribution in [0.2, 0.25) is 0 Å². The summed E-state index contributed by atoms with van der Waals surface area (Å²) in [6.07, 6.45) is 0. The van der Waals surface area contributed by atoms with Crippen LogP contribution in [0.25, 0.3) is 10.9 Å². The van der Waals surface area contributed by atoms with Gasteiger partial charge >= 0.3 is 0 Å². The van der Waals surface area contributed by atoms with Crippen LogP contribution >= 0.6 is 0 Å². The third-order valence-corrected chi connectivity index (χ3v) is 2.96. The zero-order valence-electron chi connectivity index (χ0n) is 10.4. The number of H-pyrrole nitrogens is 1. The molecule has 0 saturated carbocycles. The number of nitrogen functional groups attached to an aromatic ring is 1. The predicted molar refractivity (Wildman–Crippen MR) is 74.9 cm³/mol. The van der Waals surface area contributed by atoms with Crippen molar-refractivity contribution in [3.63, 3.8) is 0 Å². The number of hydrogen-bond donors (Lipinski definition) is 3. The number of carbonyl (C=O) groups excluding carboxylic acids is 1. The van der Waals surface area contributed by atoms with E-state index in [0.717, 1.165) is 0 Å². The zero-order valence-corrected chi connectivity index (χ0v) is 10.4. The molecule has 2 aromatic carbocycles. The van der Waals surface area contributed by atoms with Crippen molar-refractivity contribution < 1.29 is 9.18 Å². The second kappa shape index (κ2) is 4.65. The van der Waals surface area contributed by atoms with Gasteiger partial charge < -0.3 is 11.1 Å². The summed E-state index contributed by atoms with van der Waals surface area (Å²) >= 11 is 0. The first-order valence-corrected chi connectivity index (χ1v) is 5.94. The fourth-order valence-corrected chi connectivity index (χ4v) is 1.96. The first-order valence-electron chi connectivity index (χ1n) is 5.94. The Morgan fingerprint density at radius 2 is 2.05 bits per heavy atom. The monoisotopic (exact) mass is 270 g/mol. The number of para-hydroxylation sites is 1. The van der Waals surface area contributed by atoms with E-state index in [-0.39, 0.29) is 11.7 Å². The second-order valence-corrected chi connectivity index (χ2v) is 4.30. The number of anilines is 2. The standard InChI is InChI=1S/C14H11FN4O/c15-8-5-6-12-10(7-8)13(19-18-12)17-14(20)9-3-1-2-4-11(9)16/h1-7H,16H2,(H2,17,18,19,20). The smallest absolute Gasteiger partial charge is 0.258 e. The summed E-state index contributed by atoms with van der Waals surface area (Å²) in [6, 6.07) is 10.9. The molecule has 0 atom stereocenters. The van der Waals surface area contributed by atoms with E-state index >= 15 is 0 Å². The van der Waals surface area contributed by atoms with E-state index in [0.29, 0.717) is 22.2 Å². The molecular weight excluding hydrogens is 259 g/mol. The molecule has 0 saturated heterocycles. The minimum atomic E-state index is -0.395. The molecule has 0 fully saturated rings. The van der Waals surface area contributed by atoms with E-state index < -0.39 is 5.82 Å². The lowest BCUT2D eigenvalue weighted by atomic mass is 10.1. The summed E-state index contributed by atoms with van der Waals surface area (Å²) < 4.78 is 13.2. The number of fused-ring (bicyclic) bond motifs is 1. The molecule has 0 aliphatic heterocycles. The number of amides is 1. The Bertz CT molecular complexity index is 797. The maximum absolute atomic E-state index is 13.2. The van der Waals surface area contributed by atoms with Gasteiger partial charge in [0.1, 0.15) is 5.82 Å². The van der Waals surface area contributed by atoms with Gasteiger partial charge in [-0.15, -0.1) is 0 Å². The highest BCUT2D eigenvalue weighted by Crippen LogP contribution is 2.22. The van der Waals surface area contributed by atoms with Gasteiger partial charge in [0.25, 0.3) is 5.91 Å². The number of rotatable bonds is 2. The van der Waals surface area contributed by atoms with Gasteiger partial charge in [0.2, 0.25) is 0 Å². The lowest BCUT2D eigenvalue weighted by Crippen LogP contribution is -2.14. The number of carbonyl (C=O) groups is 1. The Morgan fingerprint density at radius 3 is 2.85 bits per heavy atom. The fourth-order valence-electron chi connectivity index (χ4n) is 1.96. The zero-order chi connectivity index (χ0) is 14.1. The minimum Gasteiger partial charge on any atom is -0.398 e. The van der Waals surface area contributed by atoms with Crippen molar-refractivity contribution in [3.05, 3.63) is 53.8 Å². The largest absolute Gasteiger partial charge is 0.398 e. The molecule has 1 aromatic heterocycles. The molecule has 0 aliphatic rings. The van der Waals surface area contributed by atoms with Crippen molar-refractivity contribution in [3.8, 4) is 0 Å². The van der Waals surface area contributed by atoms with E-state index in [2.05, 4.69) is 15.5 Å². The Hall–Kier alpha value is -2.89. The number of nitrogens with one attached hydrogen (secondary N) is 2. The molecule has 0 bridgehead atoms. The lowest BCUT2D eigenvalue weighted by Gasteiger charge is -2.05. The highest BCUT2D eigenvalue weighted by atomic mass is 19.1. The molecule has 5 nitrogen and oxygen atoms in total. The van der Waals surface area contributed by atoms with Crippen molar-refractivity contribution in [1.29, 1.82) is 0 Å². The summed E-state index contributed by atoms with van der Waals surface area (Å²) in [7, 11) is 0. The van der Waals surface area contributed by atoms with Crippen LogP contribution in [0.4, 0.5) is 15.9 Å². The third-order valence-electron chi connectivity index (χ3n) is 2.96. The minimum absolute atomic E-state index is 0.271. The number of benzene rings is 2. The van der Waals surface area contributed by atoms with E-state index in [9.17, 15) is 9.18 Å². The van der Waals surface area contributed by atoms with Crippen LogP contribution in [0.15, 0.2) is 42.5 Å². The maximum atomic E-state index is 13.2. The third kappa shape index (κ3) is 2.07. The van der Waals surface area contributed by atoms with Gasteiger partial charge in [0.05, 0.1) is 11.1 Å². The van der Waals surface area contributed by atoms with E-state index in [1.165, 1.54) is 12.1 Å². The van der Waals surface area contributed by atoms with Gasteiger partial charge in [-0.2, -0.15) is 5.10 Å². The van der Waals surface area contributed by atoms with Crippen LogP contribution in [0.3, 0.4) is 0 Å². The van der Waals surface area contributed by atoms with Crippen molar-refractivity contribution in [2.45, 2.75) is 0 Å². The lowest BCUT2D eigenvalue weighted by molar-refractivity contribution is 0.102. The number of hydrogen-bond acceptors (Lipinski definition) is 3. The van der Waals surface area contributed by atoms with Crippen LogP contribution in [0.5, 0.6) is 0 Å². The highest BCUT2D eigenvalue weighted by molar-refractivity contribution is 6.10. The van der Waals surface area contributed by atoms with Crippen molar-refractivity contribution >= 4 is 28.3 Å². The quantitative estimate of drug-likeness (QED) is 0.626. The van der Waals surface area contributed by atoms with E-state index in [1.807, 2.05) is 0 Å². The highest BCUT2D eigenvalue weighted by Gasteiger charge is 2.13. The Kier molecular flexibility index (Phi) is 2.83. The molecule has 100 valence electrons. The second-order valence-electron chi connectivity index (χ2n) is 4.30. The first kappa shape index (κ1) is 12.2. The molecule has 0 aliphatic carbocycles. The molecule has 3 rings (SSSR count). The summed E-state index contributed by atoms with van der Waals surface area (Å²) in [4.78, 5) is 12.1. The summed E-state index contributed by atoms with van der Waals surface area (Å²) in [6.45, 7) is 0. The van der Waals surface area contributed by atoms with Gasteiger partial charge in [-0.1, -0.05) is 12.1 Å². The SMILES string of the molecule is Nc1ccccc1C(=O)Nc1n[nH]c2ccc(F)cc12. The topological polar surface area (TPSA) is 83.8 Å². The maximum Gasteiger partial charge on any atom is 0.258 e. The average Bonchev–Trinajstić information content (AvgIpc) is 2.82. The number of aromatic nitrogens is 2. The van der Waals surface area contributed by atoms with Gasteiger partial charge in [-0.3, -0.25) is 9.89 Å².